The van der Waals surface area contributed by atoms with Gasteiger partial charge in [-0.15, -0.1) is 0 Å². The monoisotopic (exact) mass is 438 g/mol. The molecule has 3 rings (SSSR count). The van der Waals surface area contributed by atoms with E-state index in [0.717, 1.165) is 12.8 Å². The number of fused-ring (bicyclic) bond motifs is 2. The number of hydrogen-bond acceptors (Lipinski definition) is 2. The summed E-state index contributed by atoms with van der Waals surface area (Å²) in [6.07, 6.45) is 1.82. The Balaban J connectivity index is 1.75. The molecule has 4 unspecified atom stereocenters. The van der Waals surface area contributed by atoms with Crippen molar-refractivity contribution in [3.63, 3.8) is 0 Å². The predicted molar refractivity (Wildman–Crippen MR) is 94.1 cm³/mol. The van der Waals surface area contributed by atoms with Crippen molar-refractivity contribution in [3.05, 3.63) is 34.6 Å². The maximum atomic E-state index is 13.9. The van der Waals surface area contributed by atoms with Gasteiger partial charge in [0, 0.05) is 20.9 Å². The van der Waals surface area contributed by atoms with Gasteiger partial charge < -0.3 is 9.47 Å². The Bertz CT molecular complexity index is 562. The van der Waals surface area contributed by atoms with Crippen LogP contribution in [0.2, 0.25) is 5.02 Å². The summed E-state index contributed by atoms with van der Waals surface area (Å²) in [5.41, 5.74) is 0.0208. The lowest BCUT2D eigenvalue weighted by atomic mass is 9.75. The number of ether oxygens (including phenoxy) is 2. The van der Waals surface area contributed by atoms with Gasteiger partial charge in [0.25, 0.3) is 0 Å². The standard InChI is InChI=1S/C17H21ClFIO2/c1-10(2)17-8-15(16(3,22-17)7-14(17)20)21-9-11-12(18)5-4-6-13(11)19/h4-6,10,14-15H,7-9H2,1-3H3. The number of benzene rings is 1. The lowest BCUT2D eigenvalue weighted by Gasteiger charge is -2.35. The number of rotatable bonds is 4. The van der Waals surface area contributed by atoms with Crippen LogP contribution in [0.1, 0.15) is 39.2 Å². The summed E-state index contributed by atoms with van der Waals surface area (Å²) >= 11 is 8.58. The fraction of sp³-hybridized carbons (Fsp3) is 0.647. The summed E-state index contributed by atoms with van der Waals surface area (Å²) in [6.45, 7) is 6.71. The highest BCUT2D eigenvalue weighted by molar-refractivity contribution is 14.1. The van der Waals surface area contributed by atoms with Crippen LogP contribution < -0.4 is 0 Å². The second-order valence-electron chi connectivity index (χ2n) is 6.90. The van der Waals surface area contributed by atoms with Crippen LogP contribution >= 0.6 is 34.2 Å². The molecule has 2 heterocycles. The molecule has 2 saturated heterocycles. The average molecular weight is 439 g/mol. The van der Waals surface area contributed by atoms with Crippen molar-refractivity contribution in [1.29, 1.82) is 0 Å². The molecule has 0 spiro atoms. The van der Waals surface area contributed by atoms with Gasteiger partial charge in [0.1, 0.15) is 5.82 Å². The van der Waals surface area contributed by atoms with E-state index < -0.39 is 0 Å². The Labute approximate surface area is 149 Å². The smallest absolute Gasteiger partial charge is 0.130 e. The Morgan fingerprint density at radius 1 is 1.45 bits per heavy atom. The molecule has 2 aliphatic heterocycles. The second-order valence-corrected chi connectivity index (χ2v) is 8.81. The lowest BCUT2D eigenvalue weighted by Crippen LogP contribution is -2.44. The Kier molecular flexibility index (Phi) is 4.52. The van der Waals surface area contributed by atoms with E-state index >= 15 is 0 Å². The number of hydrogen-bond donors (Lipinski definition) is 0. The van der Waals surface area contributed by atoms with E-state index in [1.807, 2.05) is 0 Å². The summed E-state index contributed by atoms with van der Waals surface area (Å²) in [6, 6.07) is 4.72. The SMILES string of the molecule is CC(C)C12CC(OCc3c(F)cccc3Cl)C(C)(CC1I)O2. The number of alkyl halides is 1. The first-order valence-corrected chi connectivity index (χ1v) is 9.29. The summed E-state index contributed by atoms with van der Waals surface area (Å²) in [7, 11) is 0. The molecule has 1 aromatic carbocycles. The molecular weight excluding hydrogens is 418 g/mol. The maximum absolute atomic E-state index is 13.9. The van der Waals surface area contributed by atoms with Crippen molar-refractivity contribution in [2.75, 3.05) is 0 Å². The van der Waals surface area contributed by atoms with Gasteiger partial charge in [-0.2, -0.15) is 0 Å². The third-order valence-corrected chi connectivity index (χ3v) is 7.04. The van der Waals surface area contributed by atoms with E-state index in [0.29, 0.717) is 20.4 Å². The van der Waals surface area contributed by atoms with Crippen molar-refractivity contribution >= 4 is 34.2 Å². The first kappa shape index (κ1) is 16.9. The minimum atomic E-state index is -0.313. The van der Waals surface area contributed by atoms with Gasteiger partial charge in [0.15, 0.2) is 0 Å². The van der Waals surface area contributed by atoms with Crippen LogP contribution in [-0.4, -0.2) is 21.2 Å². The molecule has 5 heteroatoms. The summed E-state index contributed by atoms with van der Waals surface area (Å²) in [4.78, 5) is 0. The van der Waals surface area contributed by atoms with Gasteiger partial charge in [-0.3, -0.25) is 0 Å². The predicted octanol–water partition coefficient (Wildman–Crippen LogP) is 5.15. The molecule has 122 valence electrons. The van der Waals surface area contributed by atoms with E-state index in [9.17, 15) is 4.39 Å². The molecule has 0 aromatic heterocycles. The molecule has 0 aliphatic carbocycles. The van der Waals surface area contributed by atoms with Gasteiger partial charge >= 0.3 is 0 Å². The third-order valence-electron chi connectivity index (χ3n) is 5.19. The maximum Gasteiger partial charge on any atom is 0.130 e. The normalized spacial score (nSPS) is 37.2. The number of halogens is 3. The molecule has 0 saturated carbocycles. The van der Waals surface area contributed by atoms with Gasteiger partial charge in [0.05, 0.1) is 23.9 Å². The van der Waals surface area contributed by atoms with E-state index in [4.69, 9.17) is 21.1 Å². The molecule has 0 N–H and O–H groups in total. The van der Waals surface area contributed by atoms with Gasteiger partial charge in [-0.25, -0.2) is 4.39 Å². The molecule has 2 nitrogen and oxygen atoms in total. The zero-order valence-electron chi connectivity index (χ0n) is 13.0. The molecule has 2 bridgehead atoms. The molecule has 2 fully saturated rings. The average Bonchev–Trinajstić information content (AvgIpc) is 2.86. The lowest BCUT2D eigenvalue weighted by molar-refractivity contribution is -0.0956. The van der Waals surface area contributed by atoms with E-state index in [1.54, 1.807) is 12.1 Å². The summed E-state index contributed by atoms with van der Waals surface area (Å²) < 4.78 is 26.9. The quantitative estimate of drug-likeness (QED) is 0.478. The fourth-order valence-corrected chi connectivity index (χ4v) is 5.94. The summed E-state index contributed by atoms with van der Waals surface area (Å²) in [5, 5.41) is 0.416. The Morgan fingerprint density at radius 3 is 2.77 bits per heavy atom. The fourth-order valence-electron chi connectivity index (χ4n) is 3.75. The molecule has 4 atom stereocenters. The largest absolute Gasteiger partial charge is 0.370 e. The van der Waals surface area contributed by atoms with Gasteiger partial charge in [0.2, 0.25) is 0 Å². The molecule has 0 radical (unpaired) electrons. The van der Waals surface area contributed by atoms with Crippen molar-refractivity contribution in [2.24, 2.45) is 5.92 Å². The molecular formula is C17H21ClFIO2. The second kappa shape index (κ2) is 5.87. The van der Waals surface area contributed by atoms with Crippen molar-refractivity contribution in [2.45, 2.75) is 61.5 Å². The van der Waals surface area contributed by atoms with Crippen LogP contribution in [0.4, 0.5) is 4.39 Å². The van der Waals surface area contributed by atoms with E-state index in [-0.39, 0.29) is 29.7 Å². The van der Waals surface area contributed by atoms with Crippen LogP contribution in [0.15, 0.2) is 18.2 Å². The van der Waals surface area contributed by atoms with Crippen LogP contribution in [0.25, 0.3) is 0 Å². The van der Waals surface area contributed by atoms with Crippen molar-refractivity contribution < 1.29 is 13.9 Å². The van der Waals surface area contributed by atoms with Crippen LogP contribution in [-0.2, 0) is 16.1 Å². The Morgan fingerprint density at radius 2 is 2.18 bits per heavy atom. The topological polar surface area (TPSA) is 18.5 Å². The van der Waals surface area contributed by atoms with Gasteiger partial charge in [-0.1, -0.05) is 54.1 Å². The minimum Gasteiger partial charge on any atom is -0.370 e. The molecule has 22 heavy (non-hydrogen) atoms. The van der Waals surface area contributed by atoms with Crippen molar-refractivity contribution in [1.82, 2.24) is 0 Å². The molecule has 0 amide bonds. The first-order chi connectivity index (χ1) is 10.3. The van der Waals surface area contributed by atoms with Crippen LogP contribution in [0, 0.1) is 11.7 Å². The van der Waals surface area contributed by atoms with E-state index in [2.05, 4.69) is 43.4 Å². The summed E-state index contributed by atoms with van der Waals surface area (Å²) in [5.74, 6) is 0.119. The van der Waals surface area contributed by atoms with Crippen molar-refractivity contribution in [3.8, 4) is 0 Å². The third kappa shape index (κ3) is 2.60. The zero-order valence-corrected chi connectivity index (χ0v) is 15.9. The Hall–Kier alpha value is 0.0900. The minimum absolute atomic E-state index is 0.0170. The molecule has 1 aromatic rings. The highest BCUT2D eigenvalue weighted by Gasteiger charge is 2.65. The molecule has 2 aliphatic rings. The first-order valence-electron chi connectivity index (χ1n) is 7.67. The zero-order chi connectivity index (χ0) is 16.1. The van der Waals surface area contributed by atoms with E-state index in [1.165, 1.54) is 6.07 Å². The highest BCUT2D eigenvalue weighted by Crippen LogP contribution is 2.57. The van der Waals surface area contributed by atoms with Crippen LogP contribution in [0.3, 0.4) is 0 Å². The van der Waals surface area contributed by atoms with Gasteiger partial charge in [-0.05, 0) is 31.4 Å². The highest BCUT2D eigenvalue weighted by atomic mass is 127. The van der Waals surface area contributed by atoms with Crippen LogP contribution in [0.5, 0.6) is 0 Å².